The molecule has 8 heteroatoms. The first-order valence-corrected chi connectivity index (χ1v) is 12.9. The molecule has 3 amide bonds. The van der Waals surface area contributed by atoms with Crippen molar-refractivity contribution in [1.82, 2.24) is 10.3 Å². The zero-order valence-corrected chi connectivity index (χ0v) is 21.0. The highest BCUT2D eigenvalue weighted by Gasteiger charge is 2.23. The number of aromatic nitrogens is 1. The van der Waals surface area contributed by atoms with Crippen molar-refractivity contribution in [3.05, 3.63) is 78.0 Å². The summed E-state index contributed by atoms with van der Waals surface area (Å²) >= 11 is 1.65. The number of nitrogens with one attached hydrogen (secondary N) is 2. The molecule has 0 unspecified atom stereocenters. The third-order valence-electron chi connectivity index (χ3n) is 5.88. The van der Waals surface area contributed by atoms with E-state index < -0.39 is 0 Å². The number of carbonyl (C=O) groups excluding carboxylic acids is 2. The quantitative estimate of drug-likeness (QED) is 0.426. The molecule has 1 aliphatic rings. The summed E-state index contributed by atoms with van der Waals surface area (Å²) in [6.45, 7) is 7.25. The Labute approximate surface area is 210 Å². The second kappa shape index (κ2) is 11.8. The average Bonchev–Trinajstić information content (AvgIpc) is 2.88. The molecule has 2 N–H and O–H groups in total. The maximum absolute atomic E-state index is 12.8. The fraction of sp³-hybridized carbons (Fsp3) is 0.296. The lowest BCUT2D eigenvalue weighted by Crippen LogP contribution is -2.38. The third-order valence-corrected chi connectivity index (χ3v) is 6.85. The van der Waals surface area contributed by atoms with Crippen molar-refractivity contribution in [3.8, 4) is 0 Å². The zero-order valence-electron chi connectivity index (χ0n) is 20.2. The summed E-state index contributed by atoms with van der Waals surface area (Å²) in [5, 5.41) is 6.78. The smallest absolute Gasteiger partial charge is 0.326 e. The van der Waals surface area contributed by atoms with Crippen molar-refractivity contribution in [2.75, 3.05) is 47.0 Å². The molecule has 7 nitrogen and oxygen atoms in total. The maximum atomic E-state index is 12.8. The van der Waals surface area contributed by atoms with E-state index in [1.165, 1.54) is 11.3 Å². The highest BCUT2D eigenvalue weighted by molar-refractivity contribution is 7.99. The highest BCUT2D eigenvalue weighted by atomic mass is 32.2. The molecule has 182 valence electrons. The van der Waals surface area contributed by atoms with Gasteiger partial charge < -0.3 is 15.5 Å². The normalized spacial score (nSPS) is 12.6. The third kappa shape index (κ3) is 6.33. The van der Waals surface area contributed by atoms with E-state index in [4.69, 9.17) is 0 Å². The number of carbonyl (C=O) groups is 2. The van der Waals surface area contributed by atoms with Crippen LogP contribution >= 0.6 is 11.8 Å². The van der Waals surface area contributed by atoms with Gasteiger partial charge in [0.05, 0.1) is 5.69 Å². The molecule has 0 bridgehead atoms. The summed E-state index contributed by atoms with van der Waals surface area (Å²) in [6, 6.07) is 19.0. The van der Waals surface area contributed by atoms with Gasteiger partial charge in [0.15, 0.2) is 0 Å². The summed E-state index contributed by atoms with van der Waals surface area (Å²) in [6.07, 6.45) is 2.59. The largest absolute Gasteiger partial charge is 0.372 e. The average molecular weight is 490 g/mol. The SMILES string of the molecule is CCN(CCCNC(=O)c1ccc(NC(=O)N2CCSc3ncccc32)cc1)c1cccc(C)c1. The van der Waals surface area contributed by atoms with Gasteiger partial charge in [0.2, 0.25) is 0 Å². The van der Waals surface area contributed by atoms with Crippen LogP contribution in [0.15, 0.2) is 71.9 Å². The van der Waals surface area contributed by atoms with Crippen molar-refractivity contribution in [3.63, 3.8) is 0 Å². The van der Waals surface area contributed by atoms with E-state index >= 15 is 0 Å². The van der Waals surface area contributed by atoms with Crippen LogP contribution in [0.25, 0.3) is 0 Å². The second-order valence-electron chi connectivity index (χ2n) is 8.36. The van der Waals surface area contributed by atoms with Gasteiger partial charge in [-0.15, -0.1) is 11.8 Å². The van der Waals surface area contributed by atoms with Crippen molar-refractivity contribution in [1.29, 1.82) is 0 Å². The van der Waals surface area contributed by atoms with E-state index in [2.05, 4.69) is 58.6 Å². The van der Waals surface area contributed by atoms with E-state index in [-0.39, 0.29) is 11.9 Å². The Morgan fingerprint density at radius 2 is 1.94 bits per heavy atom. The molecule has 2 aromatic carbocycles. The Hall–Kier alpha value is -3.52. The minimum atomic E-state index is -0.203. The van der Waals surface area contributed by atoms with Crippen LogP contribution in [0.5, 0.6) is 0 Å². The number of anilines is 3. The Bertz CT molecular complexity index is 1170. The number of benzene rings is 2. The lowest BCUT2D eigenvalue weighted by atomic mass is 10.2. The van der Waals surface area contributed by atoms with E-state index in [1.54, 1.807) is 47.1 Å². The minimum absolute atomic E-state index is 0.116. The topological polar surface area (TPSA) is 77.6 Å². The molecule has 35 heavy (non-hydrogen) atoms. The first-order chi connectivity index (χ1) is 17.0. The Morgan fingerprint density at radius 3 is 2.71 bits per heavy atom. The Kier molecular flexibility index (Phi) is 8.26. The number of thioether (sulfide) groups is 1. The van der Waals surface area contributed by atoms with Gasteiger partial charge in [-0.3, -0.25) is 9.69 Å². The summed E-state index contributed by atoms with van der Waals surface area (Å²) in [7, 11) is 0. The van der Waals surface area contributed by atoms with Gasteiger partial charge in [0.25, 0.3) is 5.91 Å². The lowest BCUT2D eigenvalue weighted by molar-refractivity contribution is 0.0953. The number of fused-ring (bicyclic) bond motifs is 1. The number of hydrogen-bond donors (Lipinski definition) is 2. The standard InChI is InChI=1S/C27H31N5O2S/c1-3-31(23-8-4-7-20(2)19-23)16-6-15-28-25(33)21-10-12-22(13-11-21)30-27(34)32-17-18-35-26-24(32)9-5-14-29-26/h4-5,7-14,19H,3,6,15-18H2,1-2H3,(H,28,33)(H,30,34). The van der Waals surface area contributed by atoms with Gasteiger partial charge >= 0.3 is 6.03 Å². The monoisotopic (exact) mass is 489 g/mol. The molecule has 0 saturated carbocycles. The van der Waals surface area contributed by atoms with Gasteiger partial charge in [0, 0.05) is 55.1 Å². The first kappa shape index (κ1) is 24.6. The van der Waals surface area contributed by atoms with Crippen LogP contribution in [0.2, 0.25) is 0 Å². The molecule has 0 atom stereocenters. The molecule has 0 aliphatic carbocycles. The number of pyridine rings is 1. The fourth-order valence-electron chi connectivity index (χ4n) is 4.03. The van der Waals surface area contributed by atoms with Crippen LogP contribution in [0.1, 0.15) is 29.3 Å². The van der Waals surface area contributed by atoms with Crippen LogP contribution in [0, 0.1) is 6.92 Å². The lowest BCUT2D eigenvalue weighted by Gasteiger charge is -2.28. The maximum Gasteiger partial charge on any atom is 0.326 e. The zero-order chi connectivity index (χ0) is 24.6. The Balaban J connectivity index is 1.26. The van der Waals surface area contributed by atoms with Gasteiger partial charge in [-0.2, -0.15) is 0 Å². The molecule has 2 heterocycles. The molecular formula is C27H31N5O2S. The first-order valence-electron chi connectivity index (χ1n) is 11.9. The van der Waals surface area contributed by atoms with Crippen LogP contribution < -0.4 is 20.4 Å². The molecule has 0 fully saturated rings. The summed E-state index contributed by atoms with van der Waals surface area (Å²) in [5.41, 5.74) is 4.48. The number of urea groups is 1. The Morgan fingerprint density at radius 1 is 1.11 bits per heavy atom. The van der Waals surface area contributed by atoms with Gasteiger partial charge in [0.1, 0.15) is 5.03 Å². The molecule has 0 saturated heterocycles. The number of aryl methyl sites for hydroxylation is 1. The molecule has 1 aromatic heterocycles. The van der Waals surface area contributed by atoms with E-state index in [9.17, 15) is 9.59 Å². The van der Waals surface area contributed by atoms with E-state index in [0.717, 1.165) is 36.0 Å². The number of rotatable bonds is 8. The molecule has 1 aliphatic heterocycles. The molecule has 3 aromatic rings. The van der Waals surface area contributed by atoms with Crippen LogP contribution in [-0.4, -0.2) is 48.9 Å². The molecule has 0 radical (unpaired) electrons. The van der Waals surface area contributed by atoms with Gasteiger partial charge in [-0.25, -0.2) is 9.78 Å². The predicted octanol–water partition coefficient (Wildman–Crippen LogP) is 5.18. The van der Waals surface area contributed by atoms with Gasteiger partial charge in [-0.05, 0) is 74.4 Å². The van der Waals surface area contributed by atoms with E-state index in [0.29, 0.717) is 24.3 Å². The molecular weight excluding hydrogens is 458 g/mol. The minimum Gasteiger partial charge on any atom is -0.372 e. The highest BCUT2D eigenvalue weighted by Crippen LogP contribution is 2.32. The van der Waals surface area contributed by atoms with Crippen LogP contribution in [0.4, 0.5) is 21.9 Å². The van der Waals surface area contributed by atoms with Gasteiger partial charge in [-0.1, -0.05) is 12.1 Å². The number of amides is 3. The number of hydrogen-bond acceptors (Lipinski definition) is 5. The van der Waals surface area contributed by atoms with Crippen molar-refractivity contribution in [2.45, 2.75) is 25.3 Å². The summed E-state index contributed by atoms with van der Waals surface area (Å²) in [4.78, 5) is 33.7. The molecule has 0 spiro atoms. The summed E-state index contributed by atoms with van der Waals surface area (Å²) < 4.78 is 0. The second-order valence-corrected chi connectivity index (χ2v) is 9.45. The van der Waals surface area contributed by atoms with Crippen molar-refractivity contribution >= 4 is 40.8 Å². The van der Waals surface area contributed by atoms with Crippen LogP contribution in [-0.2, 0) is 0 Å². The predicted molar refractivity (Wildman–Crippen MR) is 144 cm³/mol. The van der Waals surface area contributed by atoms with E-state index in [1.807, 2.05) is 12.1 Å². The van der Waals surface area contributed by atoms with Crippen molar-refractivity contribution < 1.29 is 9.59 Å². The number of nitrogens with zero attached hydrogens (tertiary/aromatic N) is 3. The fourth-order valence-corrected chi connectivity index (χ4v) is 4.96. The summed E-state index contributed by atoms with van der Waals surface area (Å²) in [5.74, 6) is 0.687. The molecule has 4 rings (SSSR count). The van der Waals surface area contributed by atoms with Crippen LogP contribution in [0.3, 0.4) is 0 Å². The van der Waals surface area contributed by atoms with Crippen molar-refractivity contribution in [2.24, 2.45) is 0 Å².